The summed E-state index contributed by atoms with van der Waals surface area (Å²) in [4.78, 5) is 45.3. The van der Waals surface area contributed by atoms with Gasteiger partial charge in [0.25, 0.3) is 0 Å². The lowest BCUT2D eigenvalue weighted by Gasteiger charge is -2.40. The Labute approximate surface area is 177 Å². The minimum Gasteiger partial charge on any atom is -0.264 e. The van der Waals surface area contributed by atoms with Gasteiger partial charge in [0, 0.05) is 11.3 Å². The Hall–Kier alpha value is -2.70. The third kappa shape index (κ3) is 3.34. The summed E-state index contributed by atoms with van der Waals surface area (Å²) < 4.78 is 0. The van der Waals surface area contributed by atoms with E-state index in [-0.39, 0.29) is 18.8 Å². The first-order valence-corrected chi connectivity index (χ1v) is 10.3. The van der Waals surface area contributed by atoms with E-state index in [9.17, 15) is 30.3 Å². The van der Waals surface area contributed by atoms with E-state index in [0.717, 1.165) is 12.8 Å². The Balaban J connectivity index is 1.82. The second kappa shape index (κ2) is 7.46. The van der Waals surface area contributed by atoms with Crippen LogP contribution in [-0.2, 0) is 15.3 Å². The second-order valence-electron chi connectivity index (χ2n) is 8.79. The van der Waals surface area contributed by atoms with E-state index in [1.165, 1.54) is 0 Å². The first-order chi connectivity index (χ1) is 14.7. The molecule has 1 aromatic rings. The lowest BCUT2D eigenvalue weighted by atomic mass is 9.76. The maximum atomic E-state index is 12.0. The van der Waals surface area contributed by atoms with Crippen LogP contribution in [0.4, 0.5) is 0 Å². The van der Waals surface area contributed by atoms with E-state index in [2.05, 4.69) is 0 Å². The SMILES string of the molecule is CC1(C2CC2)CC([N+](=O)[O-])([N+](=O)[O-])N(OC2(c3ccccc3)CCCCC2[N+](=O)[O-])O1. The number of rotatable bonds is 7. The van der Waals surface area contributed by atoms with Gasteiger partial charge in [0.05, 0.1) is 5.23 Å². The van der Waals surface area contributed by atoms with Crippen molar-refractivity contribution >= 4 is 0 Å². The standard InChI is InChI=1S/C19H24N4O8/c1-17(14-10-11-14)13-19(21(26)27,22(28)29)23(30-17)31-18(15-7-3-2-4-8-15)12-6-5-9-16(18)20(24)25/h2-4,7-8,14,16H,5-6,9-13H2,1H3. The first-order valence-electron chi connectivity index (χ1n) is 10.3. The maximum absolute atomic E-state index is 12.0. The molecule has 1 saturated heterocycles. The van der Waals surface area contributed by atoms with E-state index in [1.807, 2.05) is 0 Å². The molecule has 2 saturated carbocycles. The number of nitrogens with zero attached hydrogens (tertiary/aromatic N) is 4. The minimum atomic E-state index is -2.89. The lowest BCUT2D eigenvalue weighted by Crippen LogP contribution is -2.60. The van der Waals surface area contributed by atoms with Crippen molar-refractivity contribution in [2.45, 2.75) is 74.9 Å². The smallest absolute Gasteiger partial charge is 0.264 e. The van der Waals surface area contributed by atoms with Gasteiger partial charge in [-0.2, -0.15) is 0 Å². The number of hydroxylamine groups is 2. The summed E-state index contributed by atoms with van der Waals surface area (Å²) in [6.45, 7) is 1.59. The summed E-state index contributed by atoms with van der Waals surface area (Å²) in [7, 11) is 0. The number of benzene rings is 1. The Bertz CT molecular complexity index is 880. The van der Waals surface area contributed by atoms with Gasteiger partial charge >= 0.3 is 5.79 Å². The normalized spacial score (nSPS) is 33.1. The third-order valence-corrected chi connectivity index (χ3v) is 6.77. The predicted octanol–water partition coefficient (Wildman–Crippen LogP) is 3.05. The van der Waals surface area contributed by atoms with Crippen molar-refractivity contribution in [1.82, 2.24) is 5.23 Å². The average Bonchev–Trinajstić information content (AvgIpc) is 3.54. The maximum Gasteiger partial charge on any atom is 0.569 e. The number of hydrogen-bond acceptors (Lipinski definition) is 9. The Morgan fingerprint density at radius 1 is 1.03 bits per heavy atom. The summed E-state index contributed by atoms with van der Waals surface area (Å²) >= 11 is 0. The van der Waals surface area contributed by atoms with Crippen molar-refractivity contribution in [2.24, 2.45) is 5.92 Å². The van der Waals surface area contributed by atoms with Crippen molar-refractivity contribution in [3.63, 3.8) is 0 Å². The van der Waals surface area contributed by atoms with E-state index < -0.39 is 44.2 Å². The molecule has 0 amide bonds. The quantitative estimate of drug-likeness (QED) is 0.357. The molecule has 12 heteroatoms. The van der Waals surface area contributed by atoms with Gasteiger partial charge in [-0.25, -0.2) is 4.84 Å². The van der Waals surface area contributed by atoms with Crippen LogP contribution < -0.4 is 0 Å². The molecule has 0 radical (unpaired) electrons. The highest BCUT2D eigenvalue weighted by Crippen LogP contribution is 2.54. The molecule has 0 aromatic heterocycles. The highest BCUT2D eigenvalue weighted by atomic mass is 17.0. The molecular formula is C19H24N4O8. The molecule has 1 aliphatic heterocycles. The molecule has 2 aliphatic carbocycles. The molecule has 4 rings (SSSR count). The van der Waals surface area contributed by atoms with Crippen LogP contribution in [0, 0.1) is 36.3 Å². The molecule has 31 heavy (non-hydrogen) atoms. The Morgan fingerprint density at radius 2 is 1.68 bits per heavy atom. The fourth-order valence-electron chi connectivity index (χ4n) is 4.93. The largest absolute Gasteiger partial charge is 0.569 e. The van der Waals surface area contributed by atoms with Gasteiger partial charge < -0.3 is 0 Å². The van der Waals surface area contributed by atoms with Gasteiger partial charge in [0.2, 0.25) is 6.04 Å². The van der Waals surface area contributed by atoms with Crippen LogP contribution in [0.3, 0.4) is 0 Å². The van der Waals surface area contributed by atoms with Gasteiger partial charge in [-0.3, -0.25) is 35.2 Å². The van der Waals surface area contributed by atoms with Gasteiger partial charge in [0.15, 0.2) is 5.60 Å². The average molecular weight is 436 g/mol. The van der Waals surface area contributed by atoms with Gasteiger partial charge in [-0.05, 0) is 50.5 Å². The fourth-order valence-corrected chi connectivity index (χ4v) is 4.93. The molecule has 3 unspecified atom stereocenters. The molecule has 1 heterocycles. The predicted molar refractivity (Wildman–Crippen MR) is 104 cm³/mol. The molecule has 1 aromatic carbocycles. The molecule has 0 bridgehead atoms. The highest BCUT2D eigenvalue weighted by Gasteiger charge is 2.77. The Kier molecular flexibility index (Phi) is 5.18. The van der Waals surface area contributed by atoms with Crippen LogP contribution in [-0.4, -0.2) is 37.4 Å². The van der Waals surface area contributed by atoms with E-state index in [1.54, 1.807) is 37.3 Å². The van der Waals surface area contributed by atoms with Crippen LogP contribution in [0.15, 0.2) is 30.3 Å². The number of nitro groups is 3. The van der Waals surface area contributed by atoms with Crippen molar-refractivity contribution in [3.05, 3.63) is 66.2 Å². The monoisotopic (exact) mass is 436 g/mol. The van der Waals surface area contributed by atoms with Crippen molar-refractivity contribution in [1.29, 1.82) is 0 Å². The summed E-state index contributed by atoms with van der Waals surface area (Å²) in [5, 5.41) is 36.4. The second-order valence-corrected chi connectivity index (χ2v) is 8.79. The zero-order chi connectivity index (χ0) is 22.4. The summed E-state index contributed by atoms with van der Waals surface area (Å²) in [6.07, 6.45) is 2.46. The van der Waals surface area contributed by atoms with Crippen LogP contribution in [0.5, 0.6) is 0 Å². The molecule has 0 N–H and O–H groups in total. The fraction of sp³-hybridized carbons (Fsp3) is 0.684. The molecule has 3 atom stereocenters. The van der Waals surface area contributed by atoms with E-state index >= 15 is 0 Å². The van der Waals surface area contributed by atoms with Crippen LogP contribution >= 0.6 is 0 Å². The summed E-state index contributed by atoms with van der Waals surface area (Å²) in [5.74, 6) is -2.97. The Morgan fingerprint density at radius 3 is 2.23 bits per heavy atom. The molecule has 168 valence electrons. The molecule has 3 fully saturated rings. The van der Waals surface area contributed by atoms with Crippen molar-refractivity contribution in [3.8, 4) is 0 Å². The van der Waals surface area contributed by atoms with Gasteiger partial charge in [0.1, 0.15) is 21.9 Å². The molecule has 12 nitrogen and oxygen atoms in total. The lowest BCUT2D eigenvalue weighted by molar-refractivity contribution is -0.854. The highest BCUT2D eigenvalue weighted by molar-refractivity contribution is 5.25. The zero-order valence-electron chi connectivity index (χ0n) is 17.0. The van der Waals surface area contributed by atoms with Crippen LogP contribution in [0.1, 0.15) is 57.4 Å². The molecule has 3 aliphatic rings. The van der Waals surface area contributed by atoms with Gasteiger partial charge in [-0.1, -0.05) is 30.3 Å². The molecular weight excluding hydrogens is 412 g/mol. The molecule has 0 spiro atoms. The summed E-state index contributed by atoms with van der Waals surface area (Å²) in [5.41, 5.74) is -2.37. The van der Waals surface area contributed by atoms with Crippen LogP contribution in [0.2, 0.25) is 0 Å². The zero-order valence-corrected chi connectivity index (χ0v) is 17.0. The third-order valence-electron chi connectivity index (χ3n) is 6.77. The minimum absolute atomic E-state index is 0.0780. The first kappa shape index (κ1) is 21.5. The summed E-state index contributed by atoms with van der Waals surface area (Å²) in [6, 6.07) is 7.13. The van der Waals surface area contributed by atoms with Crippen molar-refractivity contribution < 1.29 is 24.4 Å². The van der Waals surface area contributed by atoms with Crippen molar-refractivity contribution in [2.75, 3.05) is 0 Å². The number of hydrogen-bond donors (Lipinski definition) is 0. The topological polar surface area (TPSA) is 151 Å². The van der Waals surface area contributed by atoms with E-state index in [0.29, 0.717) is 23.6 Å². The van der Waals surface area contributed by atoms with E-state index in [4.69, 9.17) is 9.68 Å². The van der Waals surface area contributed by atoms with Crippen LogP contribution in [0.25, 0.3) is 0 Å². The van der Waals surface area contributed by atoms with Gasteiger partial charge in [-0.15, -0.1) is 0 Å².